The number of carbonyl (C=O) groups excluding carboxylic acids is 1. The highest BCUT2D eigenvalue weighted by Crippen LogP contribution is 2.42. The van der Waals surface area contributed by atoms with E-state index < -0.39 is 49.7 Å². The highest BCUT2D eigenvalue weighted by molar-refractivity contribution is 5.72. The third-order valence-corrected chi connectivity index (χ3v) is 7.07. The Morgan fingerprint density at radius 1 is 0.828 bits per heavy atom. The molecule has 168 valence electrons. The number of halogens is 5. The van der Waals surface area contributed by atoms with Gasteiger partial charge in [-0.3, -0.25) is 9.53 Å². The molecule has 3 nitrogen and oxygen atoms in total. The molecule has 0 aromatic carbocycles. The predicted molar refractivity (Wildman–Crippen MR) is 96.4 cm³/mol. The first-order valence-corrected chi connectivity index (χ1v) is 10.9. The first-order chi connectivity index (χ1) is 13.6. The molecule has 3 aliphatic carbocycles. The van der Waals surface area contributed by atoms with Crippen LogP contribution in [-0.4, -0.2) is 36.9 Å². The van der Waals surface area contributed by atoms with Crippen molar-refractivity contribution in [2.75, 3.05) is 0 Å². The van der Waals surface area contributed by atoms with Crippen LogP contribution in [0.25, 0.3) is 0 Å². The zero-order valence-corrected chi connectivity index (χ0v) is 16.8. The smallest absolute Gasteiger partial charge is 0.462 e. The van der Waals surface area contributed by atoms with Crippen LogP contribution in [0.5, 0.6) is 0 Å². The fourth-order valence-electron chi connectivity index (χ4n) is 5.34. The summed E-state index contributed by atoms with van der Waals surface area (Å²) in [7, 11) is 0. The SMILES string of the molecule is CC1CCC(C2CCC(C(=O)OC3CC(F)C(OC(F)(F)F)C(F)C3)CC2)CC1. The summed E-state index contributed by atoms with van der Waals surface area (Å²) in [5.41, 5.74) is 0. The van der Waals surface area contributed by atoms with Crippen molar-refractivity contribution in [1.29, 1.82) is 0 Å². The third kappa shape index (κ3) is 6.28. The van der Waals surface area contributed by atoms with Gasteiger partial charge in [0.1, 0.15) is 24.6 Å². The van der Waals surface area contributed by atoms with Gasteiger partial charge in [-0.25, -0.2) is 8.78 Å². The number of ether oxygens (including phenoxy) is 2. The van der Waals surface area contributed by atoms with Gasteiger partial charge in [-0.2, -0.15) is 0 Å². The lowest BCUT2D eigenvalue weighted by Gasteiger charge is -2.37. The molecular weight excluding hydrogens is 395 g/mol. The largest absolute Gasteiger partial charge is 0.522 e. The Labute approximate surface area is 168 Å². The van der Waals surface area contributed by atoms with Gasteiger partial charge < -0.3 is 4.74 Å². The average Bonchev–Trinajstić information content (AvgIpc) is 2.65. The molecule has 0 bridgehead atoms. The van der Waals surface area contributed by atoms with Crippen LogP contribution in [0.3, 0.4) is 0 Å². The van der Waals surface area contributed by atoms with Crippen molar-refractivity contribution in [3.05, 3.63) is 0 Å². The van der Waals surface area contributed by atoms with Gasteiger partial charge in [0.25, 0.3) is 0 Å². The molecule has 3 fully saturated rings. The topological polar surface area (TPSA) is 35.5 Å². The predicted octanol–water partition coefficient (Wildman–Crippen LogP) is 5.91. The molecule has 0 spiro atoms. The van der Waals surface area contributed by atoms with Gasteiger partial charge in [-0.1, -0.05) is 19.8 Å². The normalized spacial score (nSPS) is 41.7. The van der Waals surface area contributed by atoms with Crippen molar-refractivity contribution in [1.82, 2.24) is 0 Å². The monoisotopic (exact) mass is 426 g/mol. The lowest BCUT2D eigenvalue weighted by molar-refractivity contribution is -0.358. The van der Waals surface area contributed by atoms with Crippen LogP contribution in [-0.2, 0) is 14.3 Å². The van der Waals surface area contributed by atoms with Gasteiger partial charge in [0.2, 0.25) is 0 Å². The zero-order valence-electron chi connectivity index (χ0n) is 16.8. The van der Waals surface area contributed by atoms with Crippen LogP contribution in [0.1, 0.15) is 71.1 Å². The van der Waals surface area contributed by atoms with E-state index in [1.54, 1.807) is 0 Å². The fraction of sp³-hybridized carbons (Fsp3) is 0.952. The molecule has 2 atom stereocenters. The number of esters is 1. The van der Waals surface area contributed by atoms with Crippen molar-refractivity contribution < 1.29 is 36.2 Å². The molecule has 0 saturated heterocycles. The Morgan fingerprint density at radius 3 is 1.79 bits per heavy atom. The van der Waals surface area contributed by atoms with Crippen molar-refractivity contribution in [3.63, 3.8) is 0 Å². The zero-order chi connectivity index (χ0) is 21.2. The summed E-state index contributed by atoms with van der Waals surface area (Å²) in [5.74, 6) is 1.40. The molecule has 0 heterocycles. The van der Waals surface area contributed by atoms with E-state index in [1.165, 1.54) is 25.7 Å². The minimum atomic E-state index is -5.10. The molecule has 3 rings (SSSR count). The van der Waals surface area contributed by atoms with Crippen molar-refractivity contribution in [2.24, 2.45) is 23.7 Å². The molecule has 0 aromatic rings. The Kier molecular flexibility index (Phi) is 7.44. The third-order valence-electron chi connectivity index (χ3n) is 7.07. The minimum Gasteiger partial charge on any atom is -0.462 e. The molecule has 0 amide bonds. The van der Waals surface area contributed by atoms with E-state index in [0.29, 0.717) is 18.8 Å². The van der Waals surface area contributed by atoms with Crippen molar-refractivity contribution in [2.45, 2.75) is 102 Å². The second-order valence-electron chi connectivity index (χ2n) is 9.22. The maximum Gasteiger partial charge on any atom is 0.522 e. The number of rotatable bonds is 4. The van der Waals surface area contributed by atoms with Crippen LogP contribution >= 0.6 is 0 Å². The van der Waals surface area contributed by atoms with E-state index in [9.17, 15) is 26.7 Å². The van der Waals surface area contributed by atoms with E-state index in [2.05, 4.69) is 11.7 Å². The lowest BCUT2D eigenvalue weighted by Crippen LogP contribution is -2.47. The Morgan fingerprint density at radius 2 is 1.31 bits per heavy atom. The molecule has 0 radical (unpaired) electrons. The van der Waals surface area contributed by atoms with Gasteiger partial charge in [-0.05, 0) is 56.3 Å². The van der Waals surface area contributed by atoms with Crippen molar-refractivity contribution in [3.8, 4) is 0 Å². The standard InChI is InChI=1S/C21H31F5O3/c1-12-2-4-13(5-3-12)14-6-8-15(9-7-14)20(27)28-16-10-17(22)19(18(23)11-16)29-21(24,25)26/h12-19H,2-11H2,1H3. The maximum absolute atomic E-state index is 14.0. The van der Waals surface area contributed by atoms with Crippen LogP contribution in [0.15, 0.2) is 0 Å². The van der Waals surface area contributed by atoms with E-state index in [0.717, 1.165) is 24.7 Å². The Balaban J connectivity index is 1.43. The second kappa shape index (κ2) is 9.48. The van der Waals surface area contributed by atoms with E-state index >= 15 is 0 Å². The van der Waals surface area contributed by atoms with Crippen LogP contribution in [0, 0.1) is 23.7 Å². The van der Waals surface area contributed by atoms with Gasteiger partial charge in [0.05, 0.1) is 5.92 Å². The van der Waals surface area contributed by atoms with Gasteiger partial charge >= 0.3 is 12.3 Å². The summed E-state index contributed by atoms with van der Waals surface area (Å²) in [6.45, 7) is 2.29. The number of alkyl halides is 5. The Bertz CT molecular complexity index is 527. The summed E-state index contributed by atoms with van der Waals surface area (Å²) in [6.07, 6.45) is -5.24. The highest BCUT2D eigenvalue weighted by Gasteiger charge is 2.47. The second-order valence-corrected chi connectivity index (χ2v) is 9.22. The quantitative estimate of drug-likeness (QED) is 0.414. The Hall–Kier alpha value is -0.920. The number of hydrogen-bond acceptors (Lipinski definition) is 3. The summed E-state index contributed by atoms with van der Waals surface area (Å²) < 4.78 is 73.7. The minimum absolute atomic E-state index is 0.283. The summed E-state index contributed by atoms with van der Waals surface area (Å²) in [5, 5.41) is 0. The summed E-state index contributed by atoms with van der Waals surface area (Å²) in [6, 6.07) is 0. The van der Waals surface area contributed by atoms with Gasteiger partial charge in [-0.15, -0.1) is 13.2 Å². The summed E-state index contributed by atoms with van der Waals surface area (Å²) >= 11 is 0. The van der Waals surface area contributed by atoms with Crippen LogP contribution in [0.4, 0.5) is 22.0 Å². The van der Waals surface area contributed by atoms with E-state index in [1.807, 2.05) is 0 Å². The molecule has 8 heteroatoms. The molecule has 0 aliphatic heterocycles. The summed E-state index contributed by atoms with van der Waals surface area (Å²) in [4.78, 5) is 12.4. The first kappa shape index (κ1) is 22.8. The lowest BCUT2D eigenvalue weighted by atomic mass is 9.69. The molecular formula is C21H31F5O3. The van der Waals surface area contributed by atoms with Crippen LogP contribution in [0.2, 0.25) is 0 Å². The van der Waals surface area contributed by atoms with Gasteiger partial charge in [0.15, 0.2) is 0 Å². The van der Waals surface area contributed by atoms with E-state index in [4.69, 9.17) is 4.74 Å². The average molecular weight is 426 g/mol. The first-order valence-electron chi connectivity index (χ1n) is 10.9. The number of carbonyl (C=O) groups is 1. The molecule has 0 aromatic heterocycles. The van der Waals surface area contributed by atoms with Crippen molar-refractivity contribution >= 4 is 5.97 Å². The molecule has 3 saturated carbocycles. The highest BCUT2D eigenvalue weighted by atomic mass is 19.4. The van der Waals surface area contributed by atoms with E-state index in [-0.39, 0.29) is 5.92 Å². The molecule has 3 aliphatic rings. The fourth-order valence-corrected chi connectivity index (χ4v) is 5.34. The van der Waals surface area contributed by atoms with Gasteiger partial charge in [0, 0.05) is 12.8 Å². The molecule has 29 heavy (non-hydrogen) atoms. The van der Waals surface area contributed by atoms with Crippen LogP contribution < -0.4 is 0 Å². The maximum atomic E-state index is 14.0. The molecule has 0 N–H and O–H groups in total. The number of hydrogen-bond donors (Lipinski definition) is 0. The molecule has 2 unspecified atom stereocenters.